The van der Waals surface area contributed by atoms with E-state index in [1.165, 1.54) is 0 Å². The molecule has 0 saturated carbocycles. The lowest BCUT2D eigenvalue weighted by Crippen LogP contribution is -2.30. The number of nitrogens with two attached hydrogens (primary N) is 1. The summed E-state index contributed by atoms with van der Waals surface area (Å²) in [6.07, 6.45) is 3.28. The maximum absolute atomic E-state index is 5.69. The molecule has 102 valence electrons. The largest absolute Gasteiger partial charge is 0.457 e. The zero-order valence-corrected chi connectivity index (χ0v) is 12.0. The third kappa shape index (κ3) is 2.26. The number of nitrogens with one attached hydrogen (secondary N) is 1. The molecule has 0 radical (unpaired) electrons. The van der Waals surface area contributed by atoms with Crippen molar-refractivity contribution in [3.8, 4) is 5.69 Å². The number of benzene rings is 1. The van der Waals surface area contributed by atoms with Crippen molar-refractivity contribution in [1.29, 1.82) is 0 Å². The summed E-state index contributed by atoms with van der Waals surface area (Å²) >= 11 is 3.36. The molecule has 3 N–H and O–H groups in total. The number of aromatic nitrogens is 3. The van der Waals surface area contributed by atoms with Crippen LogP contribution >= 0.6 is 15.9 Å². The average molecular weight is 334 g/mol. The number of hydrazine groups is 1. The van der Waals surface area contributed by atoms with Gasteiger partial charge in [0.15, 0.2) is 4.67 Å². The molecular formula is C13H12BrN5O. The van der Waals surface area contributed by atoms with Crippen molar-refractivity contribution in [2.24, 2.45) is 5.84 Å². The fourth-order valence-corrected chi connectivity index (χ4v) is 2.52. The molecule has 0 saturated heterocycles. The van der Waals surface area contributed by atoms with Gasteiger partial charge in [-0.3, -0.25) is 5.84 Å². The third-order valence-corrected chi connectivity index (χ3v) is 3.64. The van der Waals surface area contributed by atoms with Gasteiger partial charge in [-0.25, -0.2) is 10.1 Å². The van der Waals surface area contributed by atoms with Crippen LogP contribution in [-0.4, -0.2) is 15.0 Å². The number of nitrogens with zero attached hydrogens (tertiary/aromatic N) is 3. The third-order valence-electron chi connectivity index (χ3n) is 3.00. The summed E-state index contributed by atoms with van der Waals surface area (Å²) in [5.41, 5.74) is 5.39. The minimum atomic E-state index is -0.279. The molecule has 0 aliphatic heterocycles. The normalized spacial score (nSPS) is 12.5. The maximum atomic E-state index is 5.69. The Morgan fingerprint density at radius 1 is 1.25 bits per heavy atom. The molecule has 2 aromatic heterocycles. The van der Waals surface area contributed by atoms with Crippen LogP contribution in [0.4, 0.5) is 0 Å². The van der Waals surface area contributed by atoms with Crippen molar-refractivity contribution in [3.05, 3.63) is 64.8 Å². The summed E-state index contributed by atoms with van der Waals surface area (Å²) in [6.45, 7) is 0. The summed E-state index contributed by atoms with van der Waals surface area (Å²) in [4.78, 5) is 0. The average Bonchev–Trinajstić information content (AvgIpc) is 3.11. The Morgan fingerprint density at radius 3 is 2.70 bits per heavy atom. The first-order valence-electron chi connectivity index (χ1n) is 5.96. The molecule has 0 bridgehead atoms. The second kappa shape index (κ2) is 5.58. The number of para-hydroxylation sites is 1. The van der Waals surface area contributed by atoms with Gasteiger partial charge in [-0.2, -0.15) is 0 Å². The molecule has 0 aliphatic carbocycles. The molecule has 6 nitrogen and oxygen atoms in total. The van der Waals surface area contributed by atoms with E-state index in [-0.39, 0.29) is 6.04 Å². The van der Waals surface area contributed by atoms with Gasteiger partial charge in [0.1, 0.15) is 0 Å². The number of hydrogen-bond donors (Lipinski definition) is 2. The Labute approximate surface area is 123 Å². The van der Waals surface area contributed by atoms with E-state index in [9.17, 15) is 0 Å². The van der Waals surface area contributed by atoms with E-state index in [0.717, 1.165) is 16.9 Å². The van der Waals surface area contributed by atoms with Crippen LogP contribution in [0.2, 0.25) is 0 Å². The molecule has 0 aliphatic rings. The van der Waals surface area contributed by atoms with Crippen molar-refractivity contribution in [2.45, 2.75) is 6.04 Å². The summed E-state index contributed by atoms with van der Waals surface area (Å²) in [5, 5.41) is 8.10. The molecule has 1 atom stereocenters. The lowest BCUT2D eigenvalue weighted by molar-refractivity contribution is 0.522. The summed E-state index contributed by atoms with van der Waals surface area (Å²) < 4.78 is 7.63. The van der Waals surface area contributed by atoms with Crippen molar-refractivity contribution in [3.63, 3.8) is 0 Å². The lowest BCUT2D eigenvalue weighted by atomic mass is 10.1. The lowest BCUT2D eigenvalue weighted by Gasteiger charge is -2.16. The standard InChI is InChI=1S/C13H12BrN5O/c14-13-10(6-7-20-13)12(17-15)11-8-16-18-19(11)9-4-2-1-3-5-9/h1-8,12,17H,15H2. The Hall–Kier alpha value is -1.96. The number of hydrogen-bond acceptors (Lipinski definition) is 5. The predicted octanol–water partition coefficient (Wildman–Crippen LogP) is 2.18. The summed E-state index contributed by atoms with van der Waals surface area (Å²) in [5.74, 6) is 5.69. The molecule has 1 aromatic carbocycles. The van der Waals surface area contributed by atoms with Crippen LogP contribution < -0.4 is 11.3 Å². The number of halogens is 1. The van der Waals surface area contributed by atoms with E-state index in [1.54, 1.807) is 17.1 Å². The van der Waals surface area contributed by atoms with Gasteiger partial charge in [0, 0.05) is 5.56 Å². The van der Waals surface area contributed by atoms with Gasteiger partial charge < -0.3 is 4.42 Å². The molecule has 7 heteroatoms. The first-order chi connectivity index (χ1) is 9.81. The van der Waals surface area contributed by atoms with Crippen LogP contribution in [0.25, 0.3) is 5.69 Å². The fourth-order valence-electron chi connectivity index (χ4n) is 2.05. The van der Waals surface area contributed by atoms with E-state index in [2.05, 4.69) is 31.7 Å². The first-order valence-corrected chi connectivity index (χ1v) is 6.75. The van der Waals surface area contributed by atoms with E-state index in [4.69, 9.17) is 10.3 Å². The van der Waals surface area contributed by atoms with Gasteiger partial charge in [0.05, 0.1) is 29.9 Å². The van der Waals surface area contributed by atoms with Gasteiger partial charge >= 0.3 is 0 Å². The number of rotatable bonds is 4. The summed E-state index contributed by atoms with van der Waals surface area (Å²) in [6, 6.07) is 11.3. The summed E-state index contributed by atoms with van der Waals surface area (Å²) in [7, 11) is 0. The monoisotopic (exact) mass is 333 g/mol. The van der Waals surface area contributed by atoms with Crippen molar-refractivity contribution in [2.75, 3.05) is 0 Å². The molecule has 2 heterocycles. The van der Waals surface area contributed by atoms with Crippen molar-refractivity contribution in [1.82, 2.24) is 20.4 Å². The van der Waals surface area contributed by atoms with E-state index >= 15 is 0 Å². The molecule has 0 fully saturated rings. The highest BCUT2D eigenvalue weighted by Crippen LogP contribution is 2.29. The minimum absolute atomic E-state index is 0.279. The van der Waals surface area contributed by atoms with Gasteiger partial charge in [-0.05, 0) is 34.1 Å². The SMILES string of the molecule is NNC(c1ccoc1Br)c1cnnn1-c1ccccc1. The van der Waals surface area contributed by atoms with Crippen molar-refractivity contribution < 1.29 is 4.42 Å². The topological polar surface area (TPSA) is 81.9 Å². The fraction of sp³-hybridized carbons (Fsp3) is 0.0769. The molecule has 20 heavy (non-hydrogen) atoms. The Balaban J connectivity index is 2.07. The Morgan fingerprint density at radius 2 is 2.05 bits per heavy atom. The molecule has 0 spiro atoms. The Kier molecular flexibility index (Phi) is 3.64. The molecule has 1 unspecified atom stereocenters. The van der Waals surface area contributed by atoms with Gasteiger partial charge in [-0.1, -0.05) is 23.4 Å². The van der Waals surface area contributed by atoms with Gasteiger partial charge in [-0.15, -0.1) is 5.10 Å². The van der Waals surface area contributed by atoms with Crippen LogP contribution in [0.15, 0.2) is 57.9 Å². The zero-order chi connectivity index (χ0) is 13.9. The molecule has 3 rings (SSSR count). The predicted molar refractivity (Wildman–Crippen MR) is 76.9 cm³/mol. The van der Waals surface area contributed by atoms with Crippen LogP contribution in [0.1, 0.15) is 17.3 Å². The quantitative estimate of drug-likeness (QED) is 0.564. The Bertz CT molecular complexity index is 694. The van der Waals surface area contributed by atoms with Crippen LogP contribution in [0.3, 0.4) is 0 Å². The highest BCUT2D eigenvalue weighted by Gasteiger charge is 2.22. The zero-order valence-electron chi connectivity index (χ0n) is 10.4. The highest BCUT2D eigenvalue weighted by molar-refractivity contribution is 9.10. The van der Waals surface area contributed by atoms with E-state index in [0.29, 0.717) is 4.67 Å². The number of furan rings is 1. The second-order valence-corrected chi connectivity index (χ2v) is 4.88. The molecular weight excluding hydrogens is 322 g/mol. The molecule has 0 amide bonds. The second-order valence-electron chi connectivity index (χ2n) is 4.16. The van der Waals surface area contributed by atoms with Crippen molar-refractivity contribution >= 4 is 15.9 Å². The highest BCUT2D eigenvalue weighted by atomic mass is 79.9. The van der Waals surface area contributed by atoms with E-state index in [1.807, 2.05) is 36.4 Å². The smallest absolute Gasteiger partial charge is 0.174 e. The van der Waals surface area contributed by atoms with Crippen LogP contribution in [-0.2, 0) is 0 Å². The first kappa shape index (κ1) is 13.0. The van der Waals surface area contributed by atoms with Gasteiger partial charge in [0.2, 0.25) is 0 Å². The van der Waals surface area contributed by atoms with E-state index < -0.39 is 0 Å². The van der Waals surface area contributed by atoms with Crippen LogP contribution in [0, 0.1) is 0 Å². The maximum Gasteiger partial charge on any atom is 0.174 e. The molecule has 3 aromatic rings. The minimum Gasteiger partial charge on any atom is -0.457 e. The van der Waals surface area contributed by atoms with Gasteiger partial charge in [0.25, 0.3) is 0 Å². The van der Waals surface area contributed by atoms with Crippen LogP contribution in [0.5, 0.6) is 0 Å².